The lowest BCUT2D eigenvalue weighted by molar-refractivity contribution is 0.170. The first-order valence-corrected chi connectivity index (χ1v) is 7.70. The highest BCUT2D eigenvalue weighted by atomic mass is 16.3. The minimum Gasteiger partial charge on any atom is -0.469 e. The van der Waals surface area contributed by atoms with Gasteiger partial charge < -0.3 is 15.1 Å². The Hall–Kier alpha value is -0.800. The van der Waals surface area contributed by atoms with Crippen molar-refractivity contribution in [3.05, 3.63) is 24.2 Å². The molecular formula is C16H28N2O. The Bertz CT molecular complexity index is 336. The Morgan fingerprint density at radius 1 is 1.42 bits per heavy atom. The van der Waals surface area contributed by atoms with Gasteiger partial charge in [-0.1, -0.05) is 13.3 Å². The highest BCUT2D eigenvalue weighted by molar-refractivity contribution is 5.00. The Kier molecular flexibility index (Phi) is 5.46. The number of piperidine rings is 1. The third kappa shape index (κ3) is 4.36. The molecule has 108 valence electrons. The van der Waals surface area contributed by atoms with Crippen molar-refractivity contribution >= 4 is 0 Å². The fourth-order valence-electron chi connectivity index (χ4n) is 3.20. The van der Waals surface area contributed by atoms with E-state index in [4.69, 9.17) is 4.42 Å². The molecule has 2 rings (SSSR count). The van der Waals surface area contributed by atoms with Crippen molar-refractivity contribution in [1.29, 1.82) is 0 Å². The summed E-state index contributed by atoms with van der Waals surface area (Å²) in [6.45, 7) is 8.05. The number of furan rings is 1. The minimum atomic E-state index is 0.481. The van der Waals surface area contributed by atoms with Crippen LogP contribution >= 0.6 is 0 Å². The summed E-state index contributed by atoms with van der Waals surface area (Å²) in [4.78, 5) is 0. The minimum absolute atomic E-state index is 0.481. The summed E-state index contributed by atoms with van der Waals surface area (Å²) in [5.74, 6) is 1.08. The maximum Gasteiger partial charge on any atom is 0.105 e. The largest absolute Gasteiger partial charge is 0.469 e. The number of rotatable bonds is 7. The van der Waals surface area contributed by atoms with E-state index in [0.29, 0.717) is 11.5 Å². The molecule has 1 aliphatic rings. The predicted octanol–water partition coefficient (Wildman–Crippen LogP) is 2.97. The lowest BCUT2D eigenvalue weighted by Crippen LogP contribution is -2.45. The second kappa shape index (κ2) is 7.11. The molecular weight excluding hydrogens is 236 g/mol. The van der Waals surface area contributed by atoms with Crippen LogP contribution in [0.5, 0.6) is 0 Å². The SMILES string of the molecule is CCCC1(CNC(C)Cc2ccco2)CCNCC1. The first kappa shape index (κ1) is 14.6. The Balaban J connectivity index is 1.80. The first-order chi connectivity index (χ1) is 9.24. The summed E-state index contributed by atoms with van der Waals surface area (Å²) < 4.78 is 5.42. The molecule has 0 amide bonds. The van der Waals surface area contributed by atoms with E-state index in [1.165, 1.54) is 38.8 Å². The number of nitrogens with one attached hydrogen (secondary N) is 2. The van der Waals surface area contributed by atoms with E-state index in [1.807, 2.05) is 6.07 Å². The topological polar surface area (TPSA) is 37.2 Å². The van der Waals surface area contributed by atoms with Gasteiger partial charge in [-0.3, -0.25) is 0 Å². The first-order valence-electron chi connectivity index (χ1n) is 7.70. The van der Waals surface area contributed by atoms with Gasteiger partial charge >= 0.3 is 0 Å². The van der Waals surface area contributed by atoms with Crippen LogP contribution in [0.1, 0.15) is 45.3 Å². The molecule has 2 N–H and O–H groups in total. The highest BCUT2D eigenvalue weighted by Gasteiger charge is 2.31. The highest BCUT2D eigenvalue weighted by Crippen LogP contribution is 2.33. The maximum atomic E-state index is 5.42. The molecule has 3 nitrogen and oxygen atoms in total. The van der Waals surface area contributed by atoms with Gasteiger partial charge in [0.05, 0.1) is 6.26 Å². The summed E-state index contributed by atoms with van der Waals surface area (Å²) in [7, 11) is 0. The van der Waals surface area contributed by atoms with Crippen LogP contribution in [-0.2, 0) is 6.42 Å². The van der Waals surface area contributed by atoms with Crippen molar-refractivity contribution in [1.82, 2.24) is 10.6 Å². The van der Waals surface area contributed by atoms with Crippen molar-refractivity contribution in [2.75, 3.05) is 19.6 Å². The molecule has 1 aromatic heterocycles. The van der Waals surface area contributed by atoms with Crippen LogP contribution in [0.15, 0.2) is 22.8 Å². The molecule has 0 saturated carbocycles. The zero-order valence-electron chi connectivity index (χ0n) is 12.4. The van der Waals surface area contributed by atoms with E-state index in [-0.39, 0.29) is 0 Å². The molecule has 1 aliphatic heterocycles. The smallest absolute Gasteiger partial charge is 0.105 e. The molecule has 1 unspecified atom stereocenters. The van der Waals surface area contributed by atoms with Gasteiger partial charge in [-0.25, -0.2) is 0 Å². The van der Waals surface area contributed by atoms with Crippen LogP contribution in [0, 0.1) is 5.41 Å². The Morgan fingerprint density at radius 3 is 2.84 bits per heavy atom. The standard InChI is InChI=1S/C16H28N2O/c1-3-6-16(7-9-17-10-8-16)13-18-14(2)12-15-5-4-11-19-15/h4-5,11,14,17-18H,3,6-10,12-13H2,1-2H3. The summed E-state index contributed by atoms with van der Waals surface area (Å²) in [6, 6.07) is 4.51. The molecule has 0 bridgehead atoms. The van der Waals surface area contributed by atoms with Gasteiger partial charge in [0, 0.05) is 19.0 Å². The zero-order chi connectivity index (χ0) is 13.6. The summed E-state index contributed by atoms with van der Waals surface area (Å²) in [5.41, 5.74) is 0.511. The molecule has 19 heavy (non-hydrogen) atoms. The lowest BCUT2D eigenvalue weighted by atomic mass is 9.75. The molecule has 3 heteroatoms. The second-order valence-corrected chi connectivity index (χ2v) is 6.07. The maximum absolute atomic E-state index is 5.42. The number of hydrogen-bond acceptors (Lipinski definition) is 3. The van der Waals surface area contributed by atoms with Gasteiger partial charge in [0.15, 0.2) is 0 Å². The molecule has 2 heterocycles. The van der Waals surface area contributed by atoms with Crippen molar-refractivity contribution in [3.8, 4) is 0 Å². The van der Waals surface area contributed by atoms with Gasteiger partial charge in [0.2, 0.25) is 0 Å². The average molecular weight is 264 g/mol. The fourth-order valence-corrected chi connectivity index (χ4v) is 3.20. The van der Waals surface area contributed by atoms with Crippen molar-refractivity contribution < 1.29 is 4.42 Å². The van der Waals surface area contributed by atoms with Gasteiger partial charge in [0.25, 0.3) is 0 Å². The Labute approximate surface area is 117 Å². The van der Waals surface area contributed by atoms with Crippen LogP contribution in [0.4, 0.5) is 0 Å². The number of hydrogen-bond donors (Lipinski definition) is 2. The van der Waals surface area contributed by atoms with Gasteiger partial charge in [-0.15, -0.1) is 0 Å². The van der Waals surface area contributed by atoms with E-state index < -0.39 is 0 Å². The monoisotopic (exact) mass is 264 g/mol. The van der Waals surface area contributed by atoms with E-state index in [1.54, 1.807) is 6.26 Å². The van der Waals surface area contributed by atoms with Gasteiger partial charge in [0.1, 0.15) is 5.76 Å². The van der Waals surface area contributed by atoms with E-state index in [9.17, 15) is 0 Å². The third-order valence-corrected chi connectivity index (χ3v) is 4.36. The normalized spacial score (nSPS) is 20.3. The van der Waals surface area contributed by atoms with E-state index >= 15 is 0 Å². The molecule has 0 aromatic carbocycles. The van der Waals surface area contributed by atoms with E-state index in [2.05, 4.69) is 30.5 Å². The Morgan fingerprint density at radius 2 is 2.21 bits per heavy atom. The van der Waals surface area contributed by atoms with E-state index in [0.717, 1.165) is 18.7 Å². The fraction of sp³-hybridized carbons (Fsp3) is 0.750. The van der Waals surface area contributed by atoms with Crippen LogP contribution in [0.3, 0.4) is 0 Å². The third-order valence-electron chi connectivity index (χ3n) is 4.36. The van der Waals surface area contributed by atoms with Crippen molar-refractivity contribution in [2.45, 2.75) is 52.0 Å². The summed E-state index contributed by atoms with van der Waals surface area (Å²) >= 11 is 0. The predicted molar refractivity (Wildman–Crippen MR) is 79.3 cm³/mol. The summed E-state index contributed by atoms with van der Waals surface area (Å²) in [6.07, 6.45) is 7.98. The van der Waals surface area contributed by atoms with Crippen LogP contribution < -0.4 is 10.6 Å². The van der Waals surface area contributed by atoms with Gasteiger partial charge in [-0.2, -0.15) is 0 Å². The van der Waals surface area contributed by atoms with Crippen molar-refractivity contribution in [3.63, 3.8) is 0 Å². The summed E-state index contributed by atoms with van der Waals surface area (Å²) in [5, 5.41) is 7.21. The average Bonchev–Trinajstić information content (AvgIpc) is 2.91. The van der Waals surface area contributed by atoms with Crippen molar-refractivity contribution in [2.24, 2.45) is 5.41 Å². The van der Waals surface area contributed by atoms with Crippen LogP contribution in [0.2, 0.25) is 0 Å². The molecule has 0 aliphatic carbocycles. The lowest BCUT2D eigenvalue weighted by Gasteiger charge is -2.38. The molecule has 1 atom stereocenters. The molecule has 0 spiro atoms. The molecule has 1 fully saturated rings. The zero-order valence-corrected chi connectivity index (χ0v) is 12.4. The second-order valence-electron chi connectivity index (χ2n) is 6.07. The quantitative estimate of drug-likeness (QED) is 0.795. The van der Waals surface area contributed by atoms with Crippen LogP contribution in [0.25, 0.3) is 0 Å². The van der Waals surface area contributed by atoms with Crippen LogP contribution in [-0.4, -0.2) is 25.7 Å². The molecule has 1 saturated heterocycles. The molecule has 0 radical (unpaired) electrons. The molecule has 1 aromatic rings. The van der Waals surface area contributed by atoms with Gasteiger partial charge in [-0.05, 0) is 56.8 Å².